The van der Waals surface area contributed by atoms with Gasteiger partial charge in [-0.1, -0.05) is 11.6 Å². The van der Waals surface area contributed by atoms with Crippen LogP contribution < -0.4 is 0 Å². The van der Waals surface area contributed by atoms with E-state index >= 15 is 0 Å². The van der Waals surface area contributed by atoms with Crippen LogP contribution in [0, 0.1) is 15.2 Å². The van der Waals surface area contributed by atoms with E-state index in [0.717, 1.165) is 0 Å². The van der Waals surface area contributed by atoms with Crippen LogP contribution in [0.2, 0.25) is 5.02 Å². The van der Waals surface area contributed by atoms with E-state index in [4.69, 9.17) is 11.6 Å². The monoisotopic (exact) mass is 409 g/mol. The molecule has 0 radical (unpaired) electrons. The number of hydrogen-bond acceptors (Lipinski definition) is 3. The van der Waals surface area contributed by atoms with E-state index < -0.39 is 17.6 Å². The van der Waals surface area contributed by atoms with Crippen molar-refractivity contribution >= 4 is 40.2 Å². The number of esters is 1. The number of hydrogen-bond donors (Lipinski definition) is 0. The fraction of sp³-hybridized carbons (Fsp3) is 0.0769. The van der Waals surface area contributed by atoms with Crippen molar-refractivity contribution in [2.45, 2.75) is 0 Å². The third kappa shape index (κ3) is 2.76. The highest BCUT2D eigenvalue weighted by atomic mass is 127. The van der Waals surface area contributed by atoms with Crippen molar-refractivity contribution in [3.63, 3.8) is 0 Å². The molecule has 7 heteroatoms. The summed E-state index contributed by atoms with van der Waals surface area (Å²) in [6.45, 7) is 0. The number of ether oxygens (including phenoxy) is 1. The molecule has 1 heterocycles. The highest BCUT2D eigenvalue weighted by Gasteiger charge is 2.18. The largest absolute Gasteiger partial charge is 0.464 e. The summed E-state index contributed by atoms with van der Waals surface area (Å²) in [7, 11) is 1.18. The van der Waals surface area contributed by atoms with Crippen LogP contribution in [-0.4, -0.2) is 18.1 Å². The number of nitrogens with zero attached hydrogens (tertiary/aromatic N) is 1. The first-order valence-electron chi connectivity index (χ1n) is 5.34. The normalized spacial score (nSPS) is 10.4. The molecule has 0 aliphatic rings. The fourth-order valence-corrected chi connectivity index (χ4v) is 2.15. The lowest BCUT2D eigenvalue weighted by molar-refractivity contribution is 0.0594. The molecular formula is C13H7ClF2INO2. The molecule has 20 heavy (non-hydrogen) atoms. The van der Waals surface area contributed by atoms with Crippen LogP contribution in [-0.2, 0) is 4.74 Å². The first-order valence-corrected chi connectivity index (χ1v) is 6.80. The Hall–Kier alpha value is -1.28. The molecule has 104 valence electrons. The molecule has 1 aromatic carbocycles. The molecule has 3 nitrogen and oxygen atoms in total. The maximum absolute atomic E-state index is 13.9. The van der Waals surface area contributed by atoms with Gasteiger partial charge in [0.25, 0.3) is 0 Å². The van der Waals surface area contributed by atoms with Gasteiger partial charge in [-0.2, -0.15) is 0 Å². The number of methoxy groups -OCH3 is 1. The third-order valence-corrected chi connectivity index (χ3v) is 3.67. The summed E-state index contributed by atoms with van der Waals surface area (Å²) >= 11 is 7.51. The van der Waals surface area contributed by atoms with Gasteiger partial charge < -0.3 is 4.74 Å². The highest BCUT2D eigenvalue weighted by Crippen LogP contribution is 2.27. The summed E-state index contributed by atoms with van der Waals surface area (Å²) in [5.74, 6) is -2.73. The number of pyridine rings is 1. The van der Waals surface area contributed by atoms with Crippen LogP contribution in [0.1, 0.15) is 10.5 Å². The van der Waals surface area contributed by atoms with E-state index in [9.17, 15) is 13.6 Å². The molecule has 1 aromatic heterocycles. The van der Waals surface area contributed by atoms with E-state index in [1.807, 2.05) is 0 Å². The van der Waals surface area contributed by atoms with E-state index in [0.29, 0.717) is 0 Å². The topological polar surface area (TPSA) is 39.2 Å². The highest BCUT2D eigenvalue weighted by molar-refractivity contribution is 14.1. The van der Waals surface area contributed by atoms with Gasteiger partial charge in [0.05, 0.1) is 21.4 Å². The van der Waals surface area contributed by atoms with Crippen molar-refractivity contribution in [3.05, 3.63) is 50.2 Å². The van der Waals surface area contributed by atoms with Crippen LogP contribution >= 0.6 is 34.2 Å². The SMILES string of the molecule is COC(=O)c1nc(-c2ccc(I)c(F)c2F)ccc1Cl. The van der Waals surface area contributed by atoms with E-state index in [-0.39, 0.29) is 25.5 Å². The second-order valence-corrected chi connectivity index (χ2v) is 5.31. The number of halogens is 4. The number of benzene rings is 1. The van der Waals surface area contributed by atoms with Crippen molar-refractivity contribution in [1.29, 1.82) is 0 Å². The van der Waals surface area contributed by atoms with Gasteiger partial charge in [-0.05, 0) is 46.9 Å². The molecule has 0 amide bonds. The molecule has 0 fully saturated rings. The van der Waals surface area contributed by atoms with Crippen LogP contribution in [0.4, 0.5) is 8.78 Å². The summed E-state index contributed by atoms with van der Waals surface area (Å²) in [5.41, 5.74) is -0.0997. The first kappa shape index (κ1) is 15.1. The zero-order valence-corrected chi connectivity index (χ0v) is 13.0. The molecule has 0 aliphatic heterocycles. The standard InChI is InChI=1S/C13H7ClF2INO2/c1-20-13(19)12-7(14)3-5-9(18-12)6-2-4-8(17)11(16)10(6)15/h2-5H,1H3. The van der Waals surface area contributed by atoms with Crippen LogP contribution in [0.5, 0.6) is 0 Å². The van der Waals surface area contributed by atoms with Crippen molar-refractivity contribution in [2.24, 2.45) is 0 Å². The molecule has 0 aliphatic carbocycles. The maximum Gasteiger partial charge on any atom is 0.358 e. The second kappa shape index (κ2) is 6.01. The number of carbonyl (C=O) groups is 1. The van der Waals surface area contributed by atoms with Crippen LogP contribution in [0.25, 0.3) is 11.3 Å². The summed E-state index contributed by atoms with van der Waals surface area (Å²) < 4.78 is 32.1. The Morgan fingerprint density at radius 2 is 1.95 bits per heavy atom. The average molecular weight is 410 g/mol. The summed E-state index contributed by atoms with van der Waals surface area (Å²) in [5, 5.41) is 0.0759. The summed E-state index contributed by atoms with van der Waals surface area (Å²) in [6, 6.07) is 5.59. The van der Waals surface area contributed by atoms with Gasteiger partial charge in [-0.15, -0.1) is 0 Å². The van der Waals surface area contributed by atoms with Gasteiger partial charge >= 0.3 is 5.97 Å². The van der Waals surface area contributed by atoms with Crippen LogP contribution in [0.3, 0.4) is 0 Å². The minimum atomic E-state index is -1.03. The molecule has 0 atom stereocenters. The molecule has 0 spiro atoms. The predicted octanol–water partition coefficient (Wildman–Crippen LogP) is 4.07. The first-order chi connectivity index (χ1) is 9.45. The van der Waals surface area contributed by atoms with Crippen molar-refractivity contribution in [3.8, 4) is 11.3 Å². The lowest BCUT2D eigenvalue weighted by Gasteiger charge is -2.07. The Morgan fingerprint density at radius 1 is 1.25 bits per heavy atom. The molecule has 0 saturated heterocycles. The maximum atomic E-state index is 13.9. The van der Waals surface area contributed by atoms with Gasteiger partial charge in [0.2, 0.25) is 0 Å². The quantitative estimate of drug-likeness (QED) is 0.426. The Kier molecular flexibility index (Phi) is 4.54. The molecule has 0 unspecified atom stereocenters. The van der Waals surface area contributed by atoms with Gasteiger partial charge in [-0.25, -0.2) is 18.6 Å². The Labute approximate surface area is 132 Å². The van der Waals surface area contributed by atoms with Crippen LogP contribution in [0.15, 0.2) is 24.3 Å². The van der Waals surface area contributed by atoms with E-state index in [1.54, 1.807) is 22.6 Å². The minimum absolute atomic E-state index is 0.0512. The average Bonchev–Trinajstić information content (AvgIpc) is 2.45. The number of carbonyl (C=O) groups excluding carboxylic acids is 1. The zero-order chi connectivity index (χ0) is 14.9. The van der Waals surface area contributed by atoms with E-state index in [2.05, 4.69) is 9.72 Å². The minimum Gasteiger partial charge on any atom is -0.464 e. The molecule has 2 aromatic rings. The Morgan fingerprint density at radius 3 is 2.60 bits per heavy atom. The van der Waals surface area contributed by atoms with Crippen molar-refractivity contribution in [2.75, 3.05) is 7.11 Å². The van der Waals surface area contributed by atoms with Crippen molar-refractivity contribution in [1.82, 2.24) is 4.98 Å². The Bertz CT molecular complexity index is 694. The van der Waals surface area contributed by atoms with Gasteiger partial charge in [0, 0.05) is 5.56 Å². The summed E-state index contributed by atoms with van der Waals surface area (Å²) in [4.78, 5) is 15.4. The number of aromatic nitrogens is 1. The van der Waals surface area contributed by atoms with E-state index in [1.165, 1.54) is 31.4 Å². The fourth-order valence-electron chi connectivity index (χ4n) is 1.56. The zero-order valence-electron chi connectivity index (χ0n) is 10.1. The molecular weight excluding hydrogens is 403 g/mol. The third-order valence-electron chi connectivity index (χ3n) is 2.54. The molecule has 0 N–H and O–H groups in total. The molecule has 2 rings (SSSR count). The number of rotatable bonds is 2. The second-order valence-electron chi connectivity index (χ2n) is 3.74. The Balaban J connectivity index is 2.60. The smallest absolute Gasteiger partial charge is 0.358 e. The summed E-state index contributed by atoms with van der Waals surface area (Å²) in [6.07, 6.45) is 0. The van der Waals surface area contributed by atoms with Gasteiger partial charge in [0.1, 0.15) is 0 Å². The predicted molar refractivity (Wildman–Crippen MR) is 78.7 cm³/mol. The van der Waals surface area contributed by atoms with Gasteiger partial charge in [0.15, 0.2) is 17.3 Å². The molecule has 0 bridgehead atoms. The lowest BCUT2D eigenvalue weighted by Crippen LogP contribution is -2.06. The van der Waals surface area contributed by atoms with Gasteiger partial charge in [-0.3, -0.25) is 0 Å². The lowest BCUT2D eigenvalue weighted by atomic mass is 10.1. The van der Waals surface area contributed by atoms with Crippen molar-refractivity contribution < 1.29 is 18.3 Å². The molecule has 0 saturated carbocycles.